The number of amides is 1. The van der Waals surface area contributed by atoms with Crippen molar-refractivity contribution in [3.05, 3.63) is 54.1 Å². The maximum atomic E-state index is 11.9. The highest BCUT2D eigenvalue weighted by molar-refractivity contribution is 5.96. The molecule has 3 heteroatoms. The Balaban J connectivity index is 1.97. The van der Waals surface area contributed by atoms with E-state index in [-0.39, 0.29) is 17.9 Å². The first-order valence-electron chi connectivity index (χ1n) is 7.68. The molecule has 0 spiro atoms. The first-order chi connectivity index (χ1) is 10.6. The summed E-state index contributed by atoms with van der Waals surface area (Å²) in [6.45, 7) is 4.35. The van der Waals surface area contributed by atoms with Gasteiger partial charge in [-0.15, -0.1) is 0 Å². The first-order valence-corrected chi connectivity index (χ1v) is 7.68. The van der Waals surface area contributed by atoms with Gasteiger partial charge in [-0.3, -0.25) is 4.79 Å². The minimum atomic E-state index is -0.335. The summed E-state index contributed by atoms with van der Waals surface area (Å²) >= 11 is 0. The Labute approximate surface area is 131 Å². The zero-order valence-electron chi connectivity index (χ0n) is 13.1. The minimum Gasteiger partial charge on any atom is -0.393 e. The number of nitrogens with one attached hydrogen (secondary N) is 1. The molecule has 0 aromatic heterocycles. The quantitative estimate of drug-likeness (QED) is 0.803. The standard InChI is InChI=1S/C19H23NO2/c1-14(12-15(2)21)13-20-19(22)11-10-17-8-5-7-16-6-3-4-9-18(16)17/h3-11,14-15,21H,12-13H2,1-2H3,(H,20,22). The fraction of sp³-hybridized carbons (Fsp3) is 0.316. The monoisotopic (exact) mass is 297 g/mol. The molecule has 0 radical (unpaired) electrons. The number of carbonyl (C=O) groups excluding carboxylic acids is 1. The van der Waals surface area contributed by atoms with Crippen LogP contribution < -0.4 is 5.32 Å². The molecular formula is C19H23NO2. The van der Waals surface area contributed by atoms with E-state index in [9.17, 15) is 9.90 Å². The fourth-order valence-electron chi connectivity index (χ4n) is 2.56. The van der Waals surface area contributed by atoms with Crippen molar-refractivity contribution >= 4 is 22.8 Å². The third kappa shape index (κ3) is 4.71. The molecule has 2 N–H and O–H groups in total. The SMILES string of the molecule is CC(O)CC(C)CNC(=O)C=Cc1cccc2ccccc12. The summed E-state index contributed by atoms with van der Waals surface area (Å²) in [4.78, 5) is 11.9. The molecule has 0 aliphatic rings. The fourth-order valence-corrected chi connectivity index (χ4v) is 2.56. The Bertz CT molecular complexity index is 656. The lowest BCUT2D eigenvalue weighted by atomic mass is 10.0. The summed E-state index contributed by atoms with van der Waals surface area (Å²) in [5, 5.41) is 14.5. The van der Waals surface area contributed by atoms with E-state index in [1.807, 2.05) is 37.3 Å². The van der Waals surface area contributed by atoms with Crippen LogP contribution in [0.3, 0.4) is 0 Å². The van der Waals surface area contributed by atoms with Crippen molar-refractivity contribution in [3.8, 4) is 0 Å². The van der Waals surface area contributed by atoms with Gasteiger partial charge in [-0.25, -0.2) is 0 Å². The number of carbonyl (C=O) groups is 1. The molecule has 0 heterocycles. The number of hydrogen-bond acceptors (Lipinski definition) is 2. The van der Waals surface area contributed by atoms with Crippen LogP contribution in [0.5, 0.6) is 0 Å². The van der Waals surface area contributed by atoms with E-state index in [1.54, 1.807) is 13.0 Å². The second kappa shape index (κ2) is 7.76. The molecule has 22 heavy (non-hydrogen) atoms. The van der Waals surface area contributed by atoms with Gasteiger partial charge in [0.05, 0.1) is 6.10 Å². The lowest BCUT2D eigenvalue weighted by Gasteiger charge is -2.13. The summed E-state index contributed by atoms with van der Waals surface area (Å²) in [5.41, 5.74) is 1.03. The van der Waals surface area contributed by atoms with Crippen LogP contribution in [0.4, 0.5) is 0 Å². The van der Waals surface area contributed by atoms with Gasteiger partial charge in [0.2, 0.25) is 5.91 Å². The van der Waals surface area contributed by atoms with Crippen molar-refractivity contribution in [2.24, 2.45) is 5.92 Å². The maximum Gasteiger partial charge on any atom is 0.244 e. The molecule has 1 amide bonds. The second-order valence-electron chi connectivity index (χ2n) is 5.84. The molecule has 2 aromatic rings. The van der Waals surface area contributed by atoms with Crippen molar-refractivity contribution < 1.29 is 9.90 Å². The van der Waals surface area contributed by atoms with Gasteiger partial charge in [0, 0.05) is 12.6 Å². The third-order valence-electron chi connectivity index (χ3n) is 3.61. The highest BCUT2D eigenvalue weighted by Crippen LogP contribution is 2.19. The van der Waals surface area contributed by atoms with E-state index < -0.39 is 0 Å². The number of fused-ring (bicyclic) bond motifs is 1. The molecule has 0 bridgehead atoms. The van der Waals surface area contributed by atoms with Crippen LogP contribution in [-0.2, 0) is 4.79 Å². The van der Waals surface area contributed by atoms with E-state index in [0.717, 1.165) is 16.3 Å². The van der Waals surface area contributed by atoms with E-state index in [4.69, 9.17) is 0 Å². The van der Waals surface area contributed by atoms with Gasteiger partial charge in [-0.2, -0.15) is 0 Å². The van der Waals surface area contributed by atoms with Gasteiger partial charge in [-0.05, 0) is 41.7 Å². The topological polar surface area (TPSA) is 49.3 Å². The molecule has 0 fully saturated rings. The van der Waals surface area contributed by atoms with Gasteiger partial charge < -0.3 is 10.4 Å². The molecule has 2 atom stereocenters. The van der Waals surface area contributed by atoms with Crippen LogP contribution in [0.15, 0.2) is 48.5 Å². The molecule has 0 aliphatic heterocycles. The van der Waals surface area contributed by atoms with Crippen LogP contribution in [0.1, 0.15) is 25.8 Å². The van der Waals surface area contributed by atoms with Crippen molar-refractivity contribution in [3.63, 3.8) is 0 Å². The average molecular weight is 297 g/mol. The minimum absolute atomic E-state index is 0.106. The molecule has 0 saturated carbocycles. The Kier molecular flexibility index (Phi) is 5.73. The maximum absolute atomic E-state index is 11.9. The number of aliphatic hydroxyl groups excluding tert-OH is 1. The summed E-state index contributed by atoms with van der Waals surface area (Å²) < 4.78 is 0. The smallest absolute Gasteiger partial charge is 0.244 e. The van der Waals surface area contributed by atoms with Crippen LogP contribution >= 0.6 is 0 Å². The molecule has 116 valence electrons. The van der Waals surface area contributed by atoms with Crippen LogP contribution in [0.2, 0.25) is 0 Å². The van der Waals surface area contributed by atoms with E-state index >= 15 is 0 Å². The molecule has 2 aromatic carbocycles. The third-order valence-corrected chi connectivity index (χ3v) is 3.61. The van der Waals surface area contributed by atoms with Crippen LogP contribution in [0, 0.1) is 5.92 Å². The summed E-state index contributed by atoms with van der Waals surface area (Å²) in [6.07, 6.45) is 3.76. The van der Waals surface area contributed by atoms with Crippen molar-refractivity contribution in [1.29, 1.82) is 0 Å². The predicted molar refractivity (Wildman–Crippen MR) is 91.5 cm³/mol. The molecule has 2 rings (SSSR count). The molecular weight excluding hydrogens is 274 g/mol. The van der Waals surface area contributed by atoms with E-state index in [0.29, 0.717) is 13.0 Å². The molecule has 0 aliphatic carbocycles. The lowest BCUT2D eigenvalue weighted by molar-refractivity contribution is -0.116. The molecule has 3 nitrogen and oxygen atoms in total. The Hall–Kier alpha value is -2.13. The Morgan fingerprint density at radius 1 is 1.18 bits per heavy atom. The second-order valence-corrected chi connectivity index (χ2v) is 5.84. The molecule has 2 unspecified atom stereocenters. The van der Waals surface area contributed by atoms with E-state index in [2.05, 4.69) is 23.5 Å². The summed E-state index contributed by atoms with van der Waals surface area (Å²) in [6, 6.07) is 14.2. The van der Waals surface area contributed by atoms with Gasteiger partial charge >= 0.3 is 0 Å². The Morgan fingerprint density at radius 2 is 1.91 bits per heavy atom. The van der Waals surface area contributed by atoms with Gasteiger partial charge in [0.1, 0.15) is 0 Å². The van der Waals surface area contributed by atoms with Gasteiger partial charge in [-0.1, -0.05) is 49.4 Å². The van der Waals surface area contributed by atoms with Gasteiger partial charge in [0.25, 0.3) is 0 Å². The predicted octanol–water partition coefficient (Wildman–Crippen LogP) is 3.38. The normalized spacial score (nSPS) is 14.1. The zero-order chi connectivity index (χ0) is 15.9. The summed E-state index contributed by atoms with van der Waals surface area (Å²) in [7, 11) is 0. The molecule has 0 saturated heterocycles. The highest BCUT2D eigenvalue weighted by atomic mass is 16.3. The number of benzene rings is 2. The Morgan fingerprint density at radius 3 is 2.68 bits per heavy atom. The largest absolute Gasteiger partial charge is 0.393 e. The number of aliphatic hydroxyl groups is 1. The van der Waals surface area contributed by atoms with Crippen LogP contribution in [0.25, 0.3) is 16.8 Å². The zero-order valence-corrected chi connectivity index (χ0v) is 13.1. The van der Waals surface area contributed by atoms with Gasteiger partial charge in [0.15, 0.2) is 0 Å². The van der Waals surface area contributed by atoms with E-state index in [1.165, 1.54) is 0 Å². The van der Waals surface area contributed by atoms with Crippen molar-refractivity contribution in [2.75, 3.05) is 6.54 Å². The lowest BCUT2D eigenvalue weighted by Crippen LogP contribution is -2.27. The average Bonchev–Trinajstić information content (AvgIpc) is 2.50. The highest BCUT2D eigenvalue weighted by Gasteiger charge is 2.07. The summed E-state index contributed by atoms with van der Waals surface area (Å²) in [5.74, 6) is 0.153. The number of rotatable bonds is 6. The number of hydrogen-bond donors (Lipinski definition) is 2. The van der Waals surface area contributed by atoms with Crippen molar-refractivity contribution in [1.82, 2.24) is 5.32 Å². The van der Waals surface area contributed by atoms with Crippen molar-refractivity contribution in [2.45, 2.75) is 26.4 Å². The first kappa shape index (κ1) is 16.2. The van der Waals surface area contributed by atoms with Crippen LogP contribution in [-0.4, -0.2) is 23.7 Å².